The van der Waals surface area contributed by atoms with Gasteiger partial charge in [-0.1, -0.05) is 86.0 Å². The molecule has 2 rings (SSSR count). The summed E-state index contributed by atoms with van der Waals surface area (Å²) in [6.45, 7) is 11.9. The molecule has 0 heterocycles. The van der Waals surface area contributed by atoms with Gasteiger partial charge in [-0.15, -0.1) is 0 Å². The van der Waals surface area contributed by atoms with Crippen molar-refractivity contribution in [1.29, 1.82) is 0 Å². The fourth-order valence-electron chi connectivity index (χ4n) is 2.78. The second-order valence-electron chi connectivity index (χ2n) is 4.98. The summed E-state index contributed by atoms with van der Waals surface area (Å²) in [4.78, 5) is 0. The van der Waals surface area contributed by atoms with Gasteiger partial charge >= 0.3 is 0 Å². The molecule has 0 bridgehead atoms. The molecule has 0 heteroatoms. The average molecular weight is 286 g/mol. The van der Waals surface area contributed by atoms with Crippen LogP contribution in [0.1, 0.15) is 25.0 Å². The molecule has 110 valence electrons. The normalized spacial score (nSPS) is 13.5. The molecule has 0 aromatic heterocycles. The molecular formula is C22H22. The van der Waals surface area contributed by atoms with Crippen molar-refractivity contribution >= 4 is 35.1 Å². The van der Waals surface area contributed by atoms with Gasteiger partial charge in [0.15, 0.2) is 0 Å². The summed E-state index contributed by atoms with van der Waals surface area (Å²) in [6.07, 6.45) is 16.3. The highest BCUT2D eigenvalue weighted by molar-refractivity contribution is 5.95. The van der Waals surface area contributed by atoms with Crippen LogP contribution in [0.3, 0.4) is 0 Å². The van der Waals surface area contributed by atoms with Gasteiger partial charge in [-0.3, -0.25) is 0 Å². The first-order valence-electron chi connectivity index (χ1n) is 7.54. The van der Waals surface area contributed by atoms with E-state index >= 15 is 0 Å². The van der Waals surface area contributed by atoms with Crippen LogP contribution in [0.2, 0.25) is 0 Å². The molecule has 0 amide bonds. The van der Waals surface area contributed by atoms with Crippen molar-refractivity contribution in [3.63, 3.8) is 0 Å². The van der Waals surface area contributed by atoms with Crippen molar-refractivity contribution in [3.8, 4) is 0 Å². The van der Waals surface area contributed by atoms with E-state index in [1.807, 2.05) is 25.2 Å². The van der Waals surface area contributed by atoms with Gasteiger partial charge < -0.3 is 0 Å². The van der Waals surface area contributed by atoms with Gasteiger partial charge in [0.25, 0.3) is 0 Å². The van der Waals surface area contributed by atoms with Gasteiger partial charge in [0, 0.05) is 0 Å². The van der Waals surface area contributed by atoms with Crippen LogP contribution >= 0.6 is 0 Å². The third-order valence-electron chi connectivity index (χ3n) is 3.73. The molecule has 0 aliphatic rings. The minimum atomic E-state index is 1.16. The summed E-state index contributed by atoms with van der Waals surface area (Å²) < 4.78 is 0. The van der Waals surface area contributed by atoms with E-state index in [4.69, 9.17) is 0 Å². The standard InChI is InChI=1S/C22H22/c1-5-9-13-19-17(7-3)21-15-11-12-16-22(21)18(8-4)20(19)14-10-6-2/h5-16H,1,3H2,2,4H3/b10-6-,13-9-,18-8+,20-14+. The zero-order valence-corrected chi connectivity index (χ0v) is 13.3. The van der Waals surface area contributed by atoms with Crippen LogP contribution in [0.5, 0.6) is 0 Å². The molecule has 0 N–H and O–H groups in total. The van der Waals surface area contributed by atoms with Crippen molar-refractivity contribution in [2.75, 3.05) is 0 Å². The van der Waals surface area contributed by atoms with E-state index in [9.17, 15) is 0 Å². The van der Waals surface area contributed by atoms with E-state index < -0.39 is 0 Å². The van der Waals surface area contributed by atoms with Crippen molar-refractivity contribution in [2.24, 2.45) is 0 Å². The van der Waals surface area contributed by atoms with Crippen LogP contribution in [0.25, 0.3) is 35.1 Å². The Morgan fingerprint density at radius 2 is 1.59 bits per heavy atom. The topological polar surface area (TPSA) is 0 Å². The van der Waals surface area contributed by atoms with Crippen LogP contribution in [-0.2, 0) is 0 Å². The Balaban J connectivity index is 3.15. The Bertz CT molecular complexity index is 874. The van der Waals surface area contributed by atoms with Crippen LogP contribution in [0.4, 0.5) is 0 Å². The second-order valence-corrected chi connectivity index (χ2v) is 4.98. The third kappa shape index (κ3) is 2.87. The predicted molar refractivity (Wildman–Crippen MR) is 102 cm³/mol. The van der Waals surface area contributed by atoms with Crippen molar-refractivity contribution in [2.45, 2.75) is 13.8 Å². The minimum absolute atomic E-state index is 1.16. The third-order valence-corrected chi connectivity index (χ3v) is 3.73. The first-order chi connectivity index (χ1) is 10.8. The molecule has 22 heavy (non-hydrogen) atoms. The van der Waals surface area contributed by atoms with E-state index in [-0.39, 0.29) is 0 Å². The van der Waals surface area contributed by atoms with Gasteiger partial charge in [0.05, 0.1) is 0 Å². The lowest BCUT2D eigenvalue weighted by Gasteiger charge is -2.10. The van der Waals surface area contributed by atoms with Crippen LogP contribution in [0.15, 0.2) is 61.7 Å². The van der Waals surface area contributed by atoms with Crippen LogP contribution < -0.4 is 10.4 Å². The summed E-state index contributed by atoms with van der Waals surface area (Å²) in [5.74, 6) is 0. The quantitative estimate of drug-likeness (QED) is 0.706. The molecule has 0 saturated heterocycles. The summed E-state index contributed by atoms with van der Waals surface area (Å²) in [7, 11) is 0. The second kappa shape index (κ2) is 7.42. The zero-order valence-electron chi connectivity index (χ0n) is 13.3. The van der Waals surface area contributed by atoms with Gasteiger partial charge in [-0.25, -0.2) is 0 Å². The number of fused-ring (bicyclic) bond motifs is 1. The van der Waals surface area contributed by atoms with Crippen LogP contribution in [-0.4, -0.2) is 0 Å². The average Bonchev–Trinajstić information content (AvgIpc) is 2.56. The van der Waals surface area contributed by atoms with E-state index in [1.165, 1.54) is 26.8 Å². The first-order valence-corrected chi connectivity index (χ1v) is 7.54. The Morgan fingerprint density at radius 1 is 0.864 bits per heavy atom. The van der Waals surface area contributed by atoms with E-state index in [0.717, 1.165) is 5.56 Å². The maximum absolute atomic E-state index is 4.02. The lowest BCUT2D eigenvalue weighted by atomic mass is 9.93. The first kappa shape index (κ1) is 15.8. The van der Waals surface area contributed by atoms with Gasteiger partial charge in [0.1, 0.15) is 0 Å². The molecule has 0 fully saturated rings. The highest BCUT2D eigenvalue weighted by atomic mass is 14.1. The largest absolute Gasteiger partial charge is 0.0991 e. The predicted octanol–water partition coefficient (Wildman–Crippen LogP) is 4.84. The molecule has 0 radical (unpaired) electrons. The summed E-state index contributed by atoms with van der Waals surface area (Å²) in [5.41, 5.74) is 2.34. The minimum Gasteiger partial charge on any atom is -0.0991 e. The molecule has 0 atom stereocenters. The lowest BCUT2D eigenvalue weighted by Crippen LogP contribution is -2.29. The van der Waals surface area contributed by atoms with E-state index in [2.05, 4.69) is 68.7 Å². The Labute approximate surface area is 132 Å². The molecular weight excluding hydrogens is 264 g/mol. The van der Waals surface area contributed by atoms with E-state index in [0.29, 0.717) is 0 Å². The molecule has 0 nitrogen and oxygen atoms in total. The maximum Gasteiger partial charge on any atom is -0.00993 e. The molecule has 2 aromatic rings. The lowest BCUT2D eigenvalue weighted by molar-refractivity contribution is 1.51. The zero-order chi connectivity index (χ0) is 15.9. The van der Waals surface area contributed by atoms with Crippen molar-refractivity contribution in [3.05, 3.63) is 83.3 Å². The molecule has 0 unspecified atom stereocenters. The number of hydrogen-bond donors (Lipinski definition) is 0. The Kier molecular flexibility index (Phi) is 5.32. The maximum atomic E-state index is 4.02. The Morgan fingerprint density at radius 3 is 2.18 bits per heavy atom. The van der Waals surface area contributed by atoms with Gasteiger partial charge in [-0.05, 0) is 46.2 Å². The highest BCUT2D eigenvalue weighted by Gasteiger charge is 2.07. The summed E-state index contributed by atoms with van der Waals surface area (Å²) >= 11 is 0. The summed E-state index contributed by atoms with van der Waals surface area (Å²) in [6, 6.07) is 8.49. The monoisotopic (exact) mass is 286 g/mol. The molecule has 0 aliphatic carbocycles. The number of hydrogen-bond acceptors (Lipinski definition) is 0. The number of allylic oxidation sites excluding steroid dienone is 4. The molecule has 0 saturated carbocycles. The van der Waals surface area contributed by atoms with Crippen molar-refractivity contribution < 1.29 is 0 Å². The van der Waals surface area contributed by atoms with Gasteiger partial charge in [-0.2, -0.15) is 0 Å². The van der Waals surface area contributed by atoms with Gasteiger partial charge in [0.2, 0.25) is 0 Å². The molecule has 2 aromatic carbocycles. The number of rotatable bonds is 4. The molecule has 0 aliphatic heterocycles. The molecule has 0 spiro atoms. The highest BCUT2D eigenvalue weighted by Crippen LogP contribution is 2.19. The SMILES string of the molecule is C=C/C=C\c1c(C=C)c2ccccc2c(=C/C)/c1=C\C=C/C. The number of benzene rings is 2. The van der Waals surface area contributed by atoms with Crippen LogP contribution in [0, 0.1) is 0 Å². The fraction of sp³-hybridized carbons (Fsp3) is 0.0909. The van der Waals surface area contributed by atoms with Crippen molar-refractivity contribution in [1.82, 2.24) is 0 Å². The fourth-order valence-corrected chi connectivity index (χ4v) is 2.78. The summed E-state index contributed by atoms with van der Waals surface area (Å²) in [5, 5.41) is 4.95. The Hall–Kier alpha value is -2.60. The van der Waals surface area contributed by atoms with E-state index in [1.54, 1.807) is 6.08 Å². The smallest absolute Gasteiger partial charge is 0.00993 e.